The third-order valence-electron chi connectivity index (χ3n) is 12.7. The van der Waals surface area contributed by atoms with Crippen LogP contribution in [-0.4, -0.2) is 142 Å². The Labute approximate surface area is 398 Å². The van der Waals surface area contributed by atoms with Crippen molar-refractivity contribution in [2.45, 2.75) is 268 Å². The van der Waals surface area contributed by atoms with Crippen LogP contribution in [0.3, 0.4) is 0 Å². The summed E-state index contributed by atoms with van der Waals surface area (Å²) in [6.45, 7) is 3.67. The highest BCUT2D eigenvalue weighted by atomic mass is 16.7. The SMILES string of the molecule is CCCCCC/C=C\C/C=C\CCCCCCCCOCC(COC1OC(COC2OC(CO)C(O)C(O)C2O)C(O)C(O)C1O)OC(=O)CCCCCCCCCCCCCCCCC. The van der Waals surface area contributed by atoms with E-state index in [0.29, 0.717) is 13.0 Å². The number of rotatable bonds is 42. The first-order chi connectivity index (χ1) is 32.1. The first-order valence-electron chi connectivity index (χ1n) is 26.4. The minimum absolute atomic E-state index is 0.0582. The summed E-state index contributed by atoms with van der Waals surface area (Å²) in [4.78, 5) is 13.0. The van der Waals surface area contributed by atoms with Gasteiger partial charge in [0.1, 0.15) is 54.9 Å². The van der Waals surface area contributed by atoms with Gasteiger partial charge in [-0.2, -0.15) is 0 Å². The lowest BCUT2D eigenvalue weighted by molar-refractivity contribution is -0.332. The molecule has 14 heteroatoms. The molecule has 0 aromatic carbocycles. The third kappa shape index (κ3) is 27.6. The van der Waals surface area contributed by atoms with Crippen LogP contribution in [0, 0.1) is 0 Å². The number of esters is 1. The van der Waals surface area contributed by atoms with Gasteiger partial charge >= 0.3 is 5.97 Å². The number of unbranched alkanes of at least 4 members (excludes halogenated alkanes) is 24. The van der Waals surface area contributed by atoms with Crippen LogP contribution in [0.2, 0.25) is 0 Å². The third-order valence-corrected chi connectivity index (χ3v) is 12.7. The molecule has 0 spiro atoms. The minimum atomic E-state index is -1.71. The fourth-order valence-electron chi connectivity index (χ4n) is 8.37. The molecule has 0 radical (unpaired) electrons. The molecule has 388 valence electrons. The van der Waals surface area contributed by atoms with Crippen molar-refractivity contribution in [2.24, 2.45) is 0 Å². The van der Waals surface area contributed by atoms with E-state index in [-0.39, 0.29) is 25.6 Å². The van der Waals surface area contributed by atoms with Crippen molar-refractivity contribution in [3.8, 4) is 0 Å². The second-order valence-electron chi connectivity index (χ2n) is 18.7. The number of aliphatic hydroxyl groups excluding tert-OH is 7. The minimum Gasteiger partial charge on any atom is -0.457 e. The van der Waals surface area contributed by atoms with Gasteiger partial charge in [-0.15, -0.1) is 0 Å². The molecular weight excluding hydrogens is 849 g/mol. The average molecular weight is 945 g/mol. The Morgan fingerprint density at radius 3 is 1.47 bits per heavy atom. The lowest BCUT2D eigenvalue weighted by Gasteiger charge is -2.42. The highest BCUT2D eigenvalue weighted by molar-refractivity contribution is 5.69. The van der Waals surface area contributed by atoms with Crippen molar-refractivity contribution in [1.82, 2.24) is 0 Å². The molecule has 2 aliphatic rings. The molecule has 2 rings (SSSR count). The Balaban J connectivity index is 1.76. The number of ether oxygens (including phenoxy) is 6. The maximum absolute atomic E-state index is 13.0. The summed E-state index contributed by atoms with van der Waals surface area (Å²) in [6, 6.07) is 0. The van der Waals surface area contributed by atoms with Gasteiger partial charge in [0.25, 0.3) is 0 Å². The Bertz CT molecular complexity index is 1190. The fraction of sp³-hybridized carbons (Fsp3) is 0.904. The molecule has 0 aliphatic carbocycles. The number of carbonyl (C=O) groups is 1. The Kier molecular flexibility index (Phi) is 36.9. The highest BCUT2D eigenvalue weighted by Gasteiger charge is 2.47. The van der Waals surface area contributed by atoms with Crippen LogP contribution >= 0.6 is 0 Å². The summed E-state index contributed by atoms with van der Waals surface area (Å²) >= 11 is 0. The monoisotopic (exact) mass is 945 g/mol. The summed E-state index contributed by atoms with van der Waals surface area (Å²) in [6.07, 6.45) is 26.6. The van der Waals surface area contributed by atoms with Crippen LogP contribution in [-0.2, 0) is 33.2 Å². The van der Waals surface area contributed by atoms with Crippen LogP contribution in [0.15, 0.2) is 24.3 Å². The van der Waals surface area contributed by atoms with Gasteiger partial charge in [0.05, 0.1) is 26.4 Å². The van der Waals surface area contributed by atoms with Crippen molar-refractivity contribution in [3.05, 3.63) is 24.3 Å². The van der Waals surface area contributed by atoms with Gasteiger partial charge in [-0.3, -0.25) is 4.79 Å². The first kappa shape index (κ1) is 60.6. The second-order valence-corrected chi connectivity index (χ2v) is 18.7. The fourth-order valence-corrected chi connectivity index (χ4v) is 8.37. The van der Waals surface area contributed by atoms with Crippen LogP contribution in [0.4, 0.5) is 0 Å². The Morgan fingerprint density at radius 1 is 0.500 bits per heavy atom. The van der Waals surface area contributed by atoms with E-state index < -0.39 is 80.7 Å². The largest absolute Gasteiger partial charge is 0.457 e. The summed E-state index contributed by atoms with van der Waals surface area (Å²) < 4.78 is 34.3. The quantitative estimate of drug-likeness (QED) is 0.0175. The Hall–Kier alpha value is -1.53. The van der Waals surface area contributed by atoms with Gasteiger partial charge in [0.15, 0.2) is 12.6 Å². The number of carbonyl (C=O) groups excluding carboxylic acids is 1. The van der Waals surface area contributed by atoms with Gasteiger partial charge in [0.2, 0.25) is 0 Å². The zero-order valence-corrected chi connectivity index (χ0v) is 41.2. The summed E-state index contributed by atoms with van der Waals surface area (Å²) in [7, 11) is 0. The van der Waals surface area contributed by atoms with Crippen LogP contribution < -0.4 is 0 Å². The molecule has 11 atom stereocenters. The normalized spacial score (nSPS) is 26.4. The molecule has 2 fully saturated rings. The van der Waals surface area contributed by atoms with Crippen molar-refractivity contribution in [1.29, 1.82) is 0 Å². The van der Waals surface area contributed by atoms with Crippen molar-refractivity contribution in [3.63, 3.8) is 0 Å². The van der Waals surface area contributed by atoms with Gasteiger partial charge in [0, 0.05) is 13.0 Å². The lowest BCUT2D eigenvalue weighted by atomic mass is 9.98. The van der Waals surface area contributed by atoms with Crippen molar-refractivity contribution >= 4 is 5.97 Å². The molecule has 2 heterocycles. The number of allylic oxidation sites excluding steroid dienone is 4. The average Bonchev–Trinajstić information content (AvgIpc) is 3.31. The van der Waals surface area contributed by atoms with Crippen molar-refractivity contribution in [2.75, 3.05) is 33.0 Å². The molecule has 11 unspecified atom stereocenters. The van der Waals surface area contributed by atoms with E-state index in [4.69, 9.17) is 28.4 Å². The molecule has 0 amide bonds. The highest BCUT2D eigenvalue weighted by Crippen LogP contribution is 2.26. The summed E-state index contributed by atoms with van der Waals surface area (Å²) in [5.74, 6) is -0.377. The predicted molar refractivity (Wildman–Crippen MR) is 257 cm³/mol. The van der Waals surface area contributed by atoms with Crippen LogP contribution in [0.25, 0.3) is 0 Å². The molecule has 2 saturated heterocycles. The molecule has 2 aliphatic heterocycles. The van der Waals surface area contributed by atoms with E-state index in [1.807, 2.05) is 0 Å². The zero-order chi connectivity index (χ0) is 48.0. The standard InChI is InChI=1S/C52H96O14/c1-3-5-7-9-11-13-15-17-19-20-22-24-26-28-30-32-34-36-61-38-41(64-44(54)35-33-31-29-27-25-23-21-18-16-14-12-10-8-6-4-2)39-62-51-50(60)48(58)46(56)43(66-51)40-63-52-49(59)47(57)45(55)42(37-53)65-52/h13,15,19-20,41-43,45-53,55-60H,3-12,14,16-18,21-40H2,1-2H3/b15-13-,20-19-. The molecule has 66 heavy (non-hydrogen) atoms. The number of aliphatic hydroxyl groups is 7. The molecule has 0 bridgehead atoms. The number of hydrogen-bond donors (Lipinski definition) is 7. The summed E-state index contributed by atoms with van der Waals surface area (Å²) in [5, 5.41) is 72.1. The number of hydrogen-bond acceptors (Lipinski definition) is 14. The second kappa shape index (κ2) is 40.2. The molecule has 0 aromatic rings. The predicted octanol–water partition coefficient (Wildman–Crippen LogP) is 8.02. The van der Waals surface area contributed by atoms with Gasteiger partial charge in [-0.25, -0.2) is 0 Å². The topological polar surface area (TPSA) is 214 Å². The zero-order valence-electron chi connectivity index (χ0n) is 41.2. The van der Waals surface area contributed by atoms with Crippen LogP contribution in [0.5, 0.6) is 0 Å². The van der Waals surface area contributed by atoms with E-state index in [0.717, 1.165) is 57.8 Å². The van der Waals surface area contributed by atoms with Crippen molar-refractivity contribution < 1.29 is 69.0 Å². The maximum Gasteiger partial charge on any atom is 0.306 e. The molecule has 7 N–H and O–H groups in total. The lowest BCUT2D eigenvalue weighted by Crippen LogP contribution is -2.61. The van der Waals surface area contributed by atoms with E-state index in [9.17, 15) is 40.5 Å². The maximum atomic E-state index is 13.0. The van der Waals surface area contributed by atoms with E-state index in [1.165, 1.54) is 116 Å². The van der Waals surface area contributed by atoms with E-state index >= 15 is 0 Å². The molecular formula is C52H96O14. The van der Waals surface area contributed by atoms with E-state index in [2.05, 4.69) is 38.2 Å². The van der Waals surface area contributed by atoms with Gasteiger partial charge in [-0.05, 0) is 44.9 Å². The Morgan fingerprint density at radius 2 is 0.939 bits per heavy atom. The smallest absolute Gasteiger partial charge is 0.306 e. The van der Waals surface area contributed by atoms with E-state index in [1.54, 1.807) is 0 Å². The van der Waals surface area contributed by atoms with Gasteiger partial charge < -0.3 is 64.2 Å². The van der Waals surface area contributed by atoms with Crippen LogP contribution in [0.1, 0.15) is 200 Å². The first-order valence-corrected chi connectivity index (χ1v) is 26.4. The van der Waals surface area contributed by atoms with Gasteiger partial charge in [-0.1, -0.05) is 173 Å². The molecule has 0 aromatic heterocycles. The summed E-state index contributed by atoms with van der Waals surface area (Å²) in [5.41, 5.74) is 0. The molecule has 14 nitrogen and oxygen atoms in total. The molecule has 0 saturated carbocycles.